The molecule has 1 amide bonds. The van der Waals surface area contributed by atoms with Gasteiger partial charge in [-0.15, -0.1) is 0 Å². The Morgan fingerprint density at radius 2 is 2.04 bits per heavy atom. The Balaban J connectivity index is 1.78. The van der Waals surface area contributed by atoms with Gasteiger partial charge in [-0.2, -0.15) is 5.10 Å². The van der Waals surface area contributed by atoms with Crippen molar-refractivity contribution in [2.24, 2.45) is 7.05 Å². The summed E-state index contributed by atoms with van der Waals surface area (Å²) in [5.41, 5.74) is 5.11. The van der Waals surface area contributed by atoms with Gasteiger partial charge in [-0.25, -0.2) is 0 Å². The second kappa shape index (κ2) is 5.76. The summed E-state index contributed by atoms with van der Waals surface area (Å²) in [4.78, 5) is 14.4. The predicted molar refractivity (Wildman–Crippen MR) is 92.6 cm³/mol. The average molecular weight is 321 g/mol. The van der Waals surface area contributed by atoms with Gasteiger partial charge in [0.15, 0.2) is 0 Å². The number of benzene rings is 2. The number of aliphatic hydroxyl groups excluding tert-OH is 1. The number of fused-ring (bicyclic) bond motifs is 2. The number of hydrogen-bond acceptors (Lipinski definition) is 3. The molecule has 122 valence electrons. The fraction of sp³-hybridized carbons (Fsp3) is 0.263. The van der Waals surface area contributed by atoms with E-state index >= 15 is 0 Å². The van der Waals surface area contributed by atoms with Crippen LogP contribution in [0.1, 0.15) is 22.3 Å². The molecule has 0 aliphatic carbocycles. The van der Waals surface area contributed by atoms with Crippen molar-refractivity contribution in [3.63, 3.8) is 0 Å². The van der Waals surface area contributed by atoms with Crippen LogP contribution in [0.2, 0.25) is 0 Å². The van der Waals surface area contributed by atoms with Gasteiger partial charge in [0.05, 0.1) is 11.7 Å². The molecule has 0 bridgehead atoms. The van der Waals surface area contributed by atoms with Crippen LogP contribution in [-0.2, 0) is 13.6 Å². The molecule has 0 atom stereocenters. The predicted octanol–water partition coefficient (Wildman–Crippen LogP) is 2.58. The van der Waals surface area contributed by atoms with Crippen molar-refractivity contribution in [3.05, 3.63) is 53.7 Å². The van der Waals surface area contributed by atoms with Crippen LogP contribution in [0.5, 0.6) is 0 Å². The summed E-state index contributed by atoms with van der Waals surface area (Å²) in [5.74, 6) is 0.0573. The van der Waals surface area contributed by atoms with E-state index < -0.39 is 0 Å². The van der Waals surface area contributed by atoms with Gasteiger partial charge in [0, 0.05) is 37.7 Å². The largest absolute Gasteiger partial charge is 0.396 e. The molecular weight excluding hydrogens is 302 g/mol. The van der Waals surface area contributed by atoms with E-state index in [1.165, 1.54) is 0 Å². The molecule has 3 aromatic rings. The molecule has 1 aliphatic heterocycles. The molecular formula is C19H19N3O2. The Bertz CT molecular complexity index is 930. The SMILES string of the molecule is Cn1ncc2ccc(-c3cccc4c3CN(CCCO)C4=O)cc21. The molecule has 0 fully saturated rings. The maximum Gasteiger partial charge on any atom is 0.254 e. The lowest BCUT2D eigenvalue weighted by Gasteiger charge is -2.14. The van der Waals surface area contributed by atoms with Gasteiger partial charge in [-0.3, -0.25) is 9.48 Å². The highest BCUT2D eigenvalue weighted by Gasteiger charge is 2.29. The van der Waals surface area contributed by atoms with Crippen LogP contribution in [-0.4, -0.2) is 38.8 Å². The van der Waals surface area contributed by atoms with Gasteiger partial charge in [-0.1, -0.05) is 24.3 Å². The van der Waals surface area contributed by atoms with Crippen molar-refractivity contribution < 1.29 is 9.90 Å². The highest BCUT2D eigenvalue weighted by Crippen LogP contribution is 2.34. The zero-order valence-corrected chi connectivity index (χ0v) is 13.6. The standard InChI is InChI=1S/C19H19N3O2/c1-21-18-10-13(6-7-14(18)11-20-21)15-4-2-5-16-17(15)12-22(19(16)24)8-3-9-23/h2,4-7,10-11,23H,3,8-9,12H2,1H3. The maximum atomic E-state index is 12.5. The third-order valence-corrected chi connectivity index (χ3v) is 4.69. The van der Waals surface area contributed by atoms with E-state index in [0.29, 0.717) is 19.5 Å². The molecule has 0 unspecified atom stereocenters. The Hall–Kier alpha value is -2.66. The van der Waals surface area contributed by atoms with E-state index in [4.69, 9.17) is 5.11 Å². The summed E-state index contributed by atoms with van der Waals surface area (Å²) in [6.45, 7) is 1.29. The van der Waals surface area contributed by atoms with Gasteiger partial charge < -0.3 is 10.0 Å². The minimum absolute atomic E-state index is 0.0573. The van der Waals surface area contributed by atoms with Crippen LogP contribution >= 0.6 is 0 Å². The first-order chi connectivity index (χ1) is 11.7. The lowest BCUT2D eigenvalue weighted by atomic mass is 9.96. The summed E-state index contributed by atoms with van der Waals surface area (Å²) in [6, 6.07) is 12.2. The number of aryl methyl sites for hydroxylation is 1. The van der Waals surface area contributed by atoms with Crippen molar-refractivity contribution in [3.8, 4) is 11.1 Å². The van der Waals surface area contributed by atoms with Crippen LogP contribution in [0, 0.1) is 0 Å². The van der Waals surface area contributed by atoms with Gasteiger partial charge in [-0.05, 0) is 35.2 Å². The normalized spacial score (nSPS) is 13.8. The molecule has 1 aliphatic rings. The molecule has 0 saturated carbocycles. The first kappa shape index (κ1) is 14.9. The quantitative estimate of drug-likeness (QED) is 0.803. The van der Waals surface area contributed by atoms with E-state index in [2.05, 4.69) is 29.4 Å². The number of carbonyl (C=O) groups is 1. The molecule has 0 spiro atoms. The molecule has 2 aromatic carbocycles. The van der Waals surface area contributed by atoms with E-state index in [1.54, 1.807) is 0 Å². The molecule has 2 heterocycles. The van der Waals surface area contributed by atoms with Crippen molar-refractivity contribution >= 4 is 16.8 Å². The van der Waals surface area contributed by atoms with Gasteiger partial charge in [0.25, 0.3) is 5.91 Å². The van der Waals surface area contributed by atoms with Crippen LogP contribution in [0.25, 0.3) is 22.0 Å². The molecule has 0 saturated heterocycles. The molecule has 24 heavy (non-hydrogen) atoms. The summed E-state index contributed by atoms with van der Waals surface area (Å²) < 4.78 is 1.86. The fourth-order valence-corrected chi connectivity index (χ4v) is 3.41. The van der Waals surface area contributed by atoms with Crippen LogP contribution in [0.15, 0.2) is 42.6 Å². The van der Waals surface area contributed by atoms with Crippen molar-refractivity contribution in [2.75, 3.05) is 13.2 Å². The van der Waals surface area contributed by atoms with Gasteiger partial charge in [0.2, 0.25) is 0 Å². The topological polar surface area (TPSA) is 58.4 Å². The van der Waals surface area contributed by atoms with Crippen molar-refractivity contribution in [1.82, 2.24) is 14.7 Å². The second-order valence-electron chi connectivity index (χ2n) is 6.18. The van der Waals surface area contributed by atoms with Crippen molar-refractivity contribution in [1.29, 1.82) is 0 Å². The Morgan fingerprint density at radius 3 is 2.88 bits per heavy atom. The van der Waals surface area contributed by atoms with E-state index in [-0.39, 0.29) is 12.5 Å². The number of aromatic nitrogens is 2. The number of nitrogens with zero attached hydrogens (tertiary/aromatic N) is 3. The second-order valence-corrected chi connectivity index (χ2v) is 6.18. The first-order valence-corrected chi connectivity index (χ1v) is 8.13. The fourth-order valence-electron chi connectivity index (χ4n) is 3.41. The molecule has 5 heteroatoms. The lowest BCUT2D eigenvalue weighted by molar-refractivity contribution is 0.0768. The van der Waals surface area contributed by atoms with Crippen molar-refractivity contribution in [2.45, 2.75) is 13.0 Å². The highest BCUT2D eigenvalue weighted by atomic mass is 16.3. The lowest BCUT2D eigenvalue weighted by Crippen LogP contribution is -2.25. The number of hydrogen-bond donors (Lipinski definition) is 1. The molecule has 0 radical (unpaired) electrons. The van der Waals surface area contributed by atoms with Crippen LogP contribution in [0.4, 0.5) is 0 Å². The summed E-state index contributed by atoms with van der Waals surface area (Å²) >= 11 is 0. The smallest absolute Gasteiger partial charge is 0.254 e. The number of rotatable bonds is 4. The zero-order chi connectivity index (χ0) is 16.7. The monoisotopic (exact) mass is 321 g/mol. The van der Waals surface area contributed by atoms with Gasteiger partial charge in [0.1, 0.15) is 0 Å². The number of carbonyl (C=O) groups excluding carboxylic acids is 1. The molecule has 1 N–H and O–H groups in total. The summed E-state index contributed by atoms with van der Waals surface area (Å²) in [7, 11) is 1.93. The van der Waals surface area contributed by atoms with E-state index in [9.17, 15) is 4.79 Å². The molecule has 5 nitrogen and oxygen atoms in total. The molecule has 4 rings (SSSR count). The third-order valence-electron chi connectivity index (χ3n) is 4.69. The Labute approximate surface area is 140 Å². The highest BCUT2D eigenvalue weighted by molar-refractivity contribution is 6.01. The summed E-state index contributed by atoms with van der Waals surface area (Å²) in [5, 5.41) is 14.4. The minimum atomic E-state index is 0.0573. The Kier molecular flexibility index (Phi) is 3.58. The zero-order valence-electron chi connectivity index (χ0n) is 13.6. The first-order valence-electron chi connectivity index (χ1n) is 8.13. The van der Waals surface area contributed by atoms with Crippen LogP contribution in [0.3, 0.4) is 0 Å². The van der Waals surface area contributed by atoms with E-state index in [1.807, 2.05) is 35.0 Å². The molecule has 1 aromatic heterocycles. The van der Waals surface area contributed by atoms with Gasteiger partial charge >= 0.3 is 0 Å². The third kappa shape index (κ3) is 2.29. The number of aliphatic hydroxyl groups is 1. The minimum Gasteiger partial charge on any atom is -0.396 e. The summed E-state index contributed by atoms with van der Waals surface area (Å²) in [6.07, 6.45) is 2.46. The number of amides is 1. The van der Waals surface area contributed by atoms with E-state index in [0.717, 1.165) is 33.2 Å². The Morgan fingerprint density at radius 1 is 1.21 bits per heavy atom. The maximum absolute atomic E-state index is 12.5. The van der Waals surface area contributed by atoms with Crippen LogP contribution < -0.4 is 0 Å². The average Bonchev–Trinajstić information content (AvgIpc) is 3.13.